The van der Waals surface area contributed by atoms with E-state index in [0.717, 1.165) is 0 Å². The van der Waals surface area contributed by atoms with Crippen LogP contribution in [-0.2, 0) is 4.79 Å². The molecule has 0 heterocycles. The van der Waals surface area contributed by atoms with E-state index in [1.54, 1.807) is 29.8 Å². The van der Waals surface area contributed by atoms with Crippen molar-refractivity contribution in [3.63, 3.8) is 0 Å². The zero-order chi connectivity index (χ0) is 16.9. The molecule has 0 radical (unpaired) electrons. The molecule has 0 N–H and O–H groups in total. The molecule has 0 aliphatic heterocycles. The molecule has 0 saturated carbocycles. The second kappa shape index (κ2) is 7.69. The van der Waals surface area contributed by atoms with Gasteiger partial charge in [0.05, 0.1) is 0 Å². The summed E-state index contributed by atoms with van der Waals surface area (Å²) in [5.74, 6) is -2.00. The molecule has 0 aromatic rings. The average Bonchev–Trinajstić information content (AvgIpc) is 2.34. The summed E-state index contributed by atoms with van der Waals surface area (Å²) in [5, 5.41) is 0. The SMILES string of the molecule is CCCCN(CCCC)C(=O)C(Br)(C(F)(F)F)C(F)(F)F. The first-order valence-electron chi connectivity index (χ1n) is 6.55. The Kier molecular flexibility index (Phi) is 7.52. The fourth-order valence-corrected chi connectivity index (χ4v) is 1.88. The third-order valence-electron chi connectivity index (χ3n) is 2.93. The van der Waals surface area contributed by atoms with Crippen molar-refractivity contribution in [3.05, 3.63) is 0 Å². The van der Waals surface area contributed by atoms with Crippen molar-refractivity contribution in [3.8, 4) is 0 Å². The van der Waals surface area contributed by atoms with E-state index >= 15 is 0 Å². The maximum atomic E-state index is 12.8. The maximum absolute atomic E-state index is 12.8. The van der Waals surface area contributed by atoms with Gasteiger partial charge >= 0.3 is 12.4 Å². The second-order valence-corrected chi connectivity index (χ2v) is 5.84. The average molecular weight is 386 g/mol. The Bertz CT molecular complexity index is 320. The van der Waals surface area contributed by atoms with E-state index in [2.05, 4.69) is 0 Å². The topological polar surface area (TPSA) is 20.3 Å². The molecule has 0 aliphatic rings. The Labute approximate surface area is 128 Å². The van der Waals surface area contributed by atoms with Gasteiger partial charge < -0.3 is 4.90 Å². The molecule has 0 fully saturated rings. The lowest BCUT2D eigenvalue weighted by molar-refractivity contribution is -0.258. The van der Waals surface area contributed by atoms with Crippen LogP contribution in [0.5, 0.6) is 0 Å². The second-order valence-electron chi connectivity index (χ2n) is 4.65. The number of unbranched alkanes of at least 4 members (excludes halogenated alkanes) is 2. The predicted molar refractivity (Wildman–Crippen MR) is 70.2 cm³/mol. The summed E-state index contributed by atoms with van der Waals surface area (Å²) in [6.07, 6.45) is -9.73. The van der Waals surface area contributed by atoms with Crippen LogP contribution in [0.25, 0.3) is 0 Å². The molecule has 126 valence electrons. The van der Waals surface area contributed by atoms with Crippen molar-refractivity contribution < 1.29 is 31.1 Å². The number of nitrogens with zero attached hydrogens (tertiary/aromatic N) is 1. The molecule has 1 amide bonds. The molecule has 0 atom stereocenters. The van der Waals surface area contributed by atoms with Crippen LogP contribution in [0, 0.1) is 0 Å². The largest absolute Gasteiger partial charge is 0.421 e. The number of rotatable bonds is 7. The van der Waals surface area contributed by atoms with E-state index in [0.29, 0.717) is 30.6 Å². The first-order valence-corrected chi connectivity index (χ1v) is 7.34. The van der Waals surface area contributed by atoms with Crippen molar-refractivity contribution in [1.29, 1.82) is 0 Å². The summed E-state index contributed by atoms with van der Waals surface area (Å²) in [6.45, 7) is 3.21. The minimum Gasteiger partial charge on any atom is -0.341 e. The molecule has 0 unspecified atom stereocenters. The Balaban J connectivity index is 5.50. The van der Waals surface area contributed by atoms with Gasteiger partial charge in [-0.25, -0.2) is 0 Å². The highest BCUT2D eigenvalue weighted by atomic mass is 79.9. The van der Waals surface area contributed by atoms with E-state index in [9.17, 15) is 31.1 Å². The normalized spacial score (nSPS) is 13.4. The maximum Gasteiger partial charge on any atom is 0.421 e. The van der Waals surface area contributed by atoms with Crippen LogP contribution in [0.4, 0.5) is 26.3 Å². The zero-order valence-corrected chi connectivity index (χ0v) is 13.3. The third kappa shape index (κ3) is 4.75. The predicted octanol–water partition coefficient (Wildman–Crippen LogP) is 4.67. The van der Waals surface area contributed by atoms with Crippen LogP contribution in [-0.4, -0.2) is 40.6 Å². The molecule has 0 aromatic carbocycles. The lowest BCUT2D eigenvalue weighted by Gasteiger charge is -2.35. The van der Waals surface area contributed by atoms with Gasteiger partial charge in [0.25, 0.3) is 10.2 Å². The van der Waals surface area contributed by atoms with Crippen LogP contribution in [0.1, 0.15) is 39.5 Å². The first-order chi connectivity index (χ1) is 9.43. The highest BCUT2D eigenvalue weighted by Crippen LogP contribution is 2.50. The van der Waals surface area contributed by atoms with Gasteiger partial charge in [0, 0.05) is 13.1 Å². The van der Waals surface area contributed by atoms with Gasteiger partial charge in [-0.2, -0.15) is 26.3 Å². The summed E-state index contributed by atoms with van der Waals surface area (Å²) in [4.78, 5) is 12.6. The number of hydrogen-bond donors (Lipinski definition) is 0. The minimum absolute atomic E-state index is 0.130. The fraction of sp³-hybridized carbons (Fsp3) is 0.917. The quantitative estimate of drug-likeness (QED) is 0.460. The van der Waals surface area contributed by atoms with Gasteiger partial charge in [0.15, 0.2) is 0 Å². The van der Waals surface area contributed by atoms with E-state index in [1.165, 1.54) is 0 Å². The van der Waals surface area contributed by atoms with Gasteiger partial charge in [-0.05, 0) is 12.8 Å². The molecular formula is C12H18BrF6NO. The summed E-state index contributed by atoms with van der Waals surface area (Å²) >= 11 is 1.64. The Hall–Kier alpha value is -0.470. The van der Waals surface area contributed by atoms with Crippen molar-refractivity contribution in [2.45, 2.75) is 56.2 Å². The lowest BCUT2D eigenvalue weighted by atomic mass is 10.1. The number of amides is 1. The van der Waals surface area contributed by atoms with E-state index in [4.69, 9.17) is 0 Å². The highest BCUT2D eigenvalue weighted by Gasteiger charge is 2.75. The van der Waals surface area contributed by atoms with Crippen molar-refractivity contribution in [2.24, 2.45) is 0 Å². The van der Waals surface area contributed by atoms with Crippen LogP contribution < -0.4 is 0 Å². The Morgan fingerprint density at radius 1 is 0.905 bits per heavy atom. The molecule has 0 bridgehead atoms. The Morgan fingerprint density at radius 2 is 1.24 bits per heavy atom. The first kappa shape index (κ1) is 20.5. The van der Waals surface area contributed by atoms with Crippen molar-refractivity contribution in [2.75, 3.05) is 13.1 Å². The Morgan fingerprint density at radius 3 is 1.48 bits per heavy atom. The van der Waals surface area contributed by atoms with E-state index < -0.39 is 22.6 Å². The molecule has 0 rings (SSSR count). The van der Waals surface area contributed by atoms with Gasteiger partial charge in [-0.1, -0.05) is 42.6 Å². The molecule has 0 saturated heterocycles. The summed E-state index contributed by atoms with van der Waals surface area (Å²) in [6, 6.07) is 0. The van der Waals surface area contributed by atoms with E-state index in [-0.39, 0.29) is 13.1 Å². The number of carbonyl (C=O) groups excluding carboxylic acids is 1. The fourth-order valence-electron chi connectivity index (χ4n) is 1.63. The molecule has 0 spiro atoms. The van der Waals surface area contributed by atoms with Crippen LogP contribution in [0.3, 0.4) is 0 Å². The van der Waals surface area contributed by atoms with E-state index in [1.807, 2.05) is 0 Å². The highest BCUT2D eigenvalue weighted by molar-refractivity contribution is 9.10. The molecule has 0 aliphatic carbocycles. The van der Waals surface area contributed by atoms with Crippen molar-refractivity contribution >= 4 is 21.8 Å². The van der Waals surface area contributed by atoms with Crippen molar-refractivity contribution in [1.82, 2.24) is 4.90 Å². The molecule has 9 heteroatoms. The molecule has 0 aromatic heterocycles. The lowest BCUT2D eigenvalue weighted by Crippen LogP contribution is -2.62. The zero-order valence-electron chi connectivity index (χ0n) is 11.7. The molecule has 21 heavy (non-hydrogen) atoms. The van der Waals surface area contributed by atoms with Crippen LogP contribution >= 0.6 is 15.9 Å². The number of halogens is 7. The number of hydrogen-bond acceptors (Lipinski definition) is 1. The van der Waals surface area contributed by atoms with Gasteiger partial charge in [0.2, 0.25) is 0 Å². The number of carbonyl (C=O) groups is 1. The summed E-state index contributed by atoms with van der Waals surface area (Å²) < 4.78 is 72.5. The van der Waals surface area contributed by atoms with Crippen LogP contribution in [0.15, 0.2) is 0 Å². The monoisotopic (exact) mass is 385 g/mol. The smallest absolute Gasteiger partial charge is 0.341 e. The minimum atomic E-state index is -5.76. The number of alkyl halides is 7. The molecule has 2 nitrogen and oxygen atoms in total. The standard InChI is InChI=1S/C12H18BrF6NO/c1-3-5-7-20(8-6-4-2)9(21)10(13,11(14,15)16)12(17,18)19/h3-8H2,1-2H3. The van der Waals surface area contributed by atoms with Gasteiger partial charge in [0.1, 0.15) is 0 Å². The summed E-state index contributed by atoms with van der Waals surface area (Å²) in [7, 11) is 0. The third-order valence-corrected chi connectivity index (χ3v) is 4.16. The van der Waals surface area contributed by atoms with Gasteiger partial charge in [-0.15, -0.1) is 0 Å². The summed E-state index contributed by atoms with van der Waals surface area (Å²) in [5.41, 5.74) is 0. The molecular weight excluding hydrogens is 368 g/mol. The van der Waals surface area contributed by atoms with Gasteiger partial charge in [-0.3, -0.25) is 4.79 Å². The van der Waals surface area contributed by atoms with Crippen LogP contribution in [0.2, 0.25) is 0 Å².